The van der Waals surface area contributed by atoms with E-state index >= 15 is 0 Å². The van der Waals surface area contributed by atoms with Crippen LogP contribution in [-0.2, 0) is 42.6 Å². The van der Waals surface area contributed by atoms with Crippen molar-refractivity contribution in [2.75, 3.05) is 33.0 Å². The molecule has 26 heteroatoms. The van der Waals surface area contributed by atoms with Gasteiger partial charge in [-0.3, -0.25) is 0 Å². The fourth-order valence-electron chi connectivity index (χ4n) is 7.03. The summed E-state index contributed by atoms with van der Waals surface area (Å²) in [4.78, 5) is 0. The van der Waals surface area contributed by atoms with Gasteiger partial charge in [0.2, 0.25) is 0 Å². The van der Waals surface area contributed by atoms with Crippen LogP contribution in [0.2, 0.25) is 0 Å². The molecule has 5 fully saturated rings. The van der Waals surface area contributed by atoms with Crippen LogP contribution in [0.4, 0.5) is 0 Å². The summed E-state index contributed by atoms with van der Waals surface area (Å²) >= 11 is 0. The molecule has 328 valence electrons. The first-order valence-electron chi connectivity index (χ1n) is 17.6. The minimum absolute atomic E-state index is 0.811. The van der Waals surface area contributed by atoms with Crippen molar-refractivity contribution >= 4 is 0 Å². The Labute approximate surface area is 316 Å². The Morgan fingerprint density at radius 3 is 0.821 bits per heavy atom. The lowest BCUT2D eigenvalue weighted by molar-refractivity contribution is -0.392. The molecule has 0 amide bonds. The lowest BCUT2D eigenvalue weighted by Crippen LogP contribution is -2.68. The summed E-state index contributed by atoms with van der Waals surface area (Å²) in [6.07, 6.45) is -45.8. The van der Waals surface area contributed by atoms with Gasteiger partial charge in [-0.15, -0.1) is 0 Å². The minimum Gasteiger partial charge on any atom is -0.394 e. The summed E-state index contributed by atoms with van der Waals surface area (Å²) in [6, 6.07) is 0. The maximum Gasteiger partial charge on any atom is 0.187 e. The standard InChI is InChI=1S/C30H52O26/c31-1-6-11(36)12(37)18(43)27(49-6)54-23-8(3-33)51-29(20(45)14(23)39)56-25-10(5-35)52-30(21(46)16(25)41)55-24-9(4-34)50-28(19(44)15(24)40)53-22-7(2-32)48-26(47)17(42)13(22)38/h6-47H,1-5H2/t6-,7-,8-,9-,10-,11-,12+,13-,14+,15-,16-,17-,18-,19-,20-,21-,22-,23-,24-,25-,26?,27+,28-,29+,30-/m0/s1. The van der Waals surface area contributed by atoms with E-state index < -0.39 is 187 Å². The molecule has 5 aliphatic rings. The van der Waals surface area contributed by atoms with Crippen LogP contribution in [0.1, 0.15) is 0 Å². The molecule has 0 aromatic rings. The predicted molar refractivity (Wildman–Crippen MR) is 167 cm³/mol. The molecule has 0 spiro atoms. The van der Waals surface area contributed by atoms with Crippen molar-refractivity contribution < 1.29 is 129 Å². The highest BCUT2D eigenvalue weighted by Gasteiger charge is 2.56. The Bertz CT molecular complexity index is 1200. The van der Waals surface area contributed by atoms with E-state index in [1.807, 2.05) is 0 Å². The van der Waals surface area contributed by atoms with E-state index in [1.165, 1.54) is 0 Å². The molecule has 5 saturated heterocycles. The number of rotatable bonds is 13. The molecular weight excluding hydrogens is 776 g/mol. The number of hydrogen-bond donors (Lipinski definition) is 17. The smallest absolute Gasteiger partial charge is 0.187 e. The van der Waals surface area contributed by atoms with Crippen LogP contribution in [0.15, 0.2) is 0 Å². The zero-order valence-corrected chi connectivity index (χ0v) is 29.2. The van der Waals surface area contributed by atoms with Crippen LogP contribution in [0.5, 0.6) is 0 Å². The lowest BCUT2D eigenvalue weighted by atomic mass is 9.95. The Hall–Kier alpha value is -1.04. The Morgan fingerprint density at radius 1 is 0.268 bits per heavy atom. The van der Waals surface area contributed by atoms with Crippen LogP contribution in [0, 0.1) is 0 Å². The van der Waals surface area contributed by atoms with Gasteiger partial charge < -0.3 is 129 Å². The highest BCUT2D eigenvalue weighted by Crippen LogP contribution is 2.35. The third-order valence-corrected chi connectivity index (χ3v) is 10.3. The molecule has 17 N–H and O–H groups in total. The summed E-state index contributed by atoms with van der Waals surface area (Å²) < 4.78 is 49.1. The topological polar surface area (TPSA) is 427 Å². The van der Waals surface area contributed by atoms with E-state index in [0.717, 1.165) is 0 Å². The minimum atomic E-state index is -2.12. The van der Waals surface area contributed by atoms with E-state index in [2.05, 4.69) is 0 Å². The summed E-state index contributed by atoms with van der Waals surface area (Å²) in [5, 5.41) is 176. The van der Waals surface area contributed by atoms with Gasteiger partial charge in [0.1, 0.15) is 122 Å². The molecule has 0 aliphatic carbocycles. The molecular formula is C30H52O26. The normalized spacial score (nSPS) is 53.2. The summed E-state index contributed by atoms with van der Waals surface area (Å²) in [6.45, 7) is -4.51. The molecule has 0 bridgehead atoms. The molecule has 0 radical (unpaired) electrons. The molecule has 5 rings (SSSR count). The van der Waals surface area contributed by atoms with Gasteiger partial charge in [0, 0.05) is 0 Å². The van der Waals surface area contributed by atoms with Crippen LogP contribution < -0.4 is 0 Å². The summed E-state index contributed by atoms with van der Waals surface area (Å²) in [5.41, 5.74) is 0. The van der Waals surface area contributed by atoms with E-state index in [1.54, 1.807) is 0 Å². The van der Waals surface area contributed by atoms with E-state index in [4.69, 9.17) is 42.6 Å². The molecule has 56 heavy (non-hydrogen) atoms. The SMILES string of the molecule is OC[C@@H]1O[C@H](O[C@@H]2[C@H](O)[C@H](O)[C@@H](O[C@@H]3[C@@H](O)[C@H](O)[C@H](O[C@@H]4[C@@H](O)[C@H](O)[C@H](O[C@@H]5[C@@H](O)[C@H](O)C(O)O[C@H]5CO)O[C@H]4CO)O[C@H]3CO)O[C@H]2CO)[C@@H](O)[C@H](O)[C@H]1O. The second-order valence-corrected chi connectivity index (χ2v) is 13.9. The second-order valence-electron chi connectivity index (χ2n) is 13.9. The van der Waals surface area contributed by atoms with E-state index in [-0.39, 0.29) is 0 Å². The van der Waals surface area contributed by atoms with Crippen molar-refractivity contribution in [2.24, 2.45) is 0 Å². The fraction of sp³-hybridized carbons (Fsp3) is 1.00. The first-order valence-corrected chi connectivity index (χ1v) is 17.6. The van der Waals surface area contributed by atoms with Crippen LogP contribution in [0.25, 0.3) is 0 Å². The van der Waals surface area contributed by atoms with Crippen molar-refractivity contribution in [1.82, 2.24) is 0 Å². The maximum absolute atomic E-state index is 11.1. The van der Waals surface area contributed by atoms with Gasteiger partial charge in [0.15, 0.2) is 31.5 Å². The Morgan fingerprint density at radius 2 is 0.518 bits per heavy atom. The summed E-state index contributed by atoms with van der Waals surface area (Å²) in [7, 11) is 0. The number of hydrogen-bond acceptors (Lipinski definition) is 26. The molecule has 1 unspecified atom stereocenters. The van der Waals surface area contributed by atoms with Gasteiger partial charge in [-0.2, -0.15) is 0 Å². The summed E-state index contributed by atoms with van der Waals surface area (Å²) in [5.74, 6) is 0. The zero-order valence-electron chi connectivity index (χ0n) is 29.2. The van der Waals surface area contributed by atoms with Crippen LogP contribution in [0.3, 0.4) is 0 Å². The van der Waals surface area contributed by atoms with Crippen molar-refractivity contribution in [3.63, 3.8) is 0 Å². The average molecular weight is 829 g/mol. The van der Waals surface area contributed by atoms with Crippen molar-refractivity contribution in [1.29, 1.82) is 0 Å². The zero-order chi connectivity index (χ0) is 41.3. The highest BCUT2D eigenvalue weighted by molar-refractivity contribution is 4.99. The first-order chi connectivity index (χ1) is 26.5. The molecule has 25 atom stereocenters. The van der Waals surface area contributed by atoms with Gasteiger partial charge in [-0.25, -0.2) is 0 Å². The van der Waals surface area contributed by atoms with E-state index in [0.29, 0.717) is 0 Å². The van der Waals surface area contributed by atoms with E-state index in [9.17, 15) is 86.8 Å². The maximum atomic E-state index is 11.1. The third-order valence-electron chi connectivity index (χ3n) is 10.3. The first kappa shape index (κ1) is 46.0. The largest absolute Gasteiger partial charge is 0.394 e. The number of ether oxygens (including phenoxy) is 9. The van der Waals surface area contributed by atoms with Gasteiger partial charge in [-0.05, 0) is 0 Å². The molecule has 0 aromatic heterocycles. The van der Waals surface area contributed by atoms with Gasteiger partial charge >= 0.3 is 0 Å². The highest BCUT2D eigenvalue weighted by atomic mass is 16.8. The lowest BCUT2D eigenvalue weighted by Gasteiger charge is -2.49. The molecule has 5 heterocycles. The molecule has 26 nitrogen and oxygen atoms in total. The Kier molecular flexibility index (Phi) is 16.1. The quantitative estimate of drug-likeness (QED) is 0.0819. The average Bonchev–Trinajstić information content (AvgIpc) is 3.19. The number of aliphatic hydroxyl groups is 17. The Balaban J connectivity index is 1.22. The van der Waals surface area contributed by atoms with Crippen LogP contribution in [-0.4, -0.2) is 273 Å². The molecule has 5 aliphatic heterocycles. The van der Waals surface area contributed by atoms with Gasteiger partial charge in [0.05, 0.1) is 33.0 Å². The monoisotopic (exact) mass is 828 g/mol. The van der Waals surface area contributed by atoms with Crippen molar-refractivity contribution in [3.8, 4) is 0 Å². The molecule has 0 aromatic carbocycles. The van der Waals surface area contributed by atoms with Crippen molar-refractivity contribution in [3.05, 3.63) is 0 Å². The second kappa shape index (κ2) is 19.6. The van der Waals surface area contributed by atoms with Gasteiger partial charge in [0.25, 0.3) is 0 Å². The molecule has 0 saturated carbocycles. The number of aliphatic hydroxyl groups excluding tert-OH is 17. The van der Waals surface area contributed by atoms with Gasteiger partial charge in [-0.1, -0.05) is 0 Å². The third kappa shape index (κ3) is 9.16. The van der Waals surface area contributed by atoms with Crippen LogP contribution >= 0.6 is 0 Å². The fourth-order valence-corrected chi connectivity index (χ4v) is 7.03. The van der Waals surface area contributed by atoms with Crippen molar-refractivity contribution in [2.45, 2.75) is 154 Å². The predicted octanol–water partition coefficient (Wildman–Crippen LogP) is -11.9.